The van der Waals surface area contributed by atoms with Crippen LogP contribution in [0.5, 0.6) is 0 Å². The van der Waals surface area contributed by atoms with Gasteiger partial charge in [0.1, 0.15) is 5.82 Å². The minimum absolute atomic E-state index is 0.0398. The number of fused-ring (bicyclic) bond motifs is 1. The Hall–Kier alpha value is -2.21. The van der Waals surface area contributed by atoms with Crippen molar-refractivity contribution in [1.29, 1.82) is 0 Å². The molecule has 136 valence electrons. The van der Waals surface area contributed by atoms with Gasteiger partial charge in [0.15, 0.2) is 0 Å². The van der Waals surface area contributed by atoms with Gasteiger partial charge in [-0.25, -0.2) is 4.98 Å². The number of hydrogen-bond donors (Lipinski definition) is 2. The fourth-order valence-corrected chi connectivity index (χ4v) is 2.75. The van der Waals surface area contributed by atoms with E-state index < -0.39 is 0 Å². The van der Waals surface area contributed by atoms with Crippen molar-refractivity contribution in [1.82, 2.24) is 20.2 Å². The maximum atomic E-state index is 12.9. The maximum Gasteiger partial charge on any atom is 0.261 e. The molecule has 1 amide bonds. The smallest absolute Gasteiger partial charge is 0.261 e. The molecule has 0 aliphatic rings. The van der Waals surface area contributed by atoms with Crippen LogP contribution in [0.25, 0.3) is 10.9 Å². The van der Waals surface area contributed by atoms with Gasteiger partial charge >= 0.3 is 0 Å². The molecule has 1 aromatic heterocycles. The maximum absolute atomic E-state index is 12.9. The number of hydrogen-bond acceptors (Lipinski definition) is 4. The van der Waals surface area contributed by atoms with E-state index in [4.69, 9.17) is 4.98 Å². The molecule has 2 N–H and O–H groups in total. The summed E-state index contributed by atoms with van der Waals surface area (Å²) in [5.41, 5.74) is 0.605. The second kappa shape index (κ2) is 9.32. The number of nitrogens with zero attached hydrogens (tertiary/aromatic N) is 2. The topological polar surface area (TPSA) is 76.0 Å². The molecule has 6 heteroatoms. The van der Waals surface area contributed by atoms with Gasteiger partial charge in [0, 0.05) is 19.5 Å². The molecule has 1 aromatic carbocycles. The second-order valence-electron chi connectivity index (χ2n) is 6.22. The number of para-hydroxylation sites is 1. The van der Waals surface area contributed by atoms with E-state index in [2.05, 4.69) is 17.6 Å². The highest BCUT2D eigenvalue weighted by Crippen LogP contribution is 2.14. The number of benzene rings is 1. The quantitative estimate of drug-likeness (QED) is 0.732. The fraction of sp³-hybridized carbons (Fsp3) is 0.526. The Bertz CT molecular complexity index is 770. The van der Waals surface area contributed by atoms with E-state index in [-0.39, 0.29) is 23.9 Å². The Morgan fingerprint density at radius 3 is 2.64 bits per heavy atom. The second-order valence-corrected chi connectivity index (χ2v) is 6.22. The molecular formula is C19H28N4O2. The van der Waals surface area contributed by atoms with Gasteiger partial charge in [-0.15, -0.1) is 0 Å². The van der Waals surface area contributed by atoms with Gasteiger partial charge < -0.3 is 10.6 Å². The van der Waals surface area contributed by atoms with E-state index >= 15 is 0 Å². The number of rotatable bonds is 9. The zero-order valence-electron chi connectivity index (χ0n) is 15.3. The average molecular weight is 344 g/mol. The van der Waals surface area contributed by atoms with Crippen LogP contribution in [0.2, 0.25) is 0 Å². The predicted octanol–water partition coefficient (Wildman–Crippen LogP) is 2.37. The largest absolute Gasteiger partial charge is 0.356 e. The van der Waals surface area contributed by atoms with Crippen LogP contribution in [0.15, 0.2) is 29.1 Å². The summed E-state index contributed by atoms with van der Waals surface area (Å²) in [5, 5.41) is 6.82. The Morgan fingerprint density at radius 1 is 1.20 bits per heavy atom. The highest BCUT2D eigenvalue weighted by molar-refractivity contribution is 5.78. The van der Waals surface area contributed by atoms with Gasteiger partial charge in [-0.3, -0.25) is 14.2 Å². The number of amides is 1. The van der Waals surface area contributed by atoms with Crippen LogP contribution < -0.4 is 16.2 Å². The Labute approximate surface area is 148 Å². The summed E-state index contributed by atoms with van der Waals surface area (Å²) in [6.45, 7) is 7.95. The molecule has 0 saturated carbocycles. The first-order chi connectivity index (χ1) is 12.1. The molecule has 0 bridgehead atoms. The van der Waals surface area contributed by atoms with Crippen molar-refractivity contribution < 1.29 is 4.79 Å². The molecule has 25 heavy (non-hydrogen) atoms. The van der Waals surface area contributed by atoms with Crippen molar-refractivity contribution >= 4 is 16.8 Å². The zero-order valence-corrected chi connectivity index (χ0v) is 15.3. The molecule has 0 spiro atoms. The molecule has 0 aliphatic carbocycles. The highest BCUT2D eigenvalue weighted by atomic mass is 16.1. The van der Waals surface area contributed by atoms with Crippen LogP contribution in [0.1, 0.15) is 51.9 Å². The summed E-state index contributed by atoms with van der Waals surface area (Å²) >= 11 is 0. The lowest BCUT2D eigenvalue weighted by atomic mass is 10.2. The van der Waals surface area contributed by atoms with Gasteiger partial charge in [0.2, 0.25) is 5.91 Å². The molecule has 0 saturated heterocycles. The summed E-state index contributed by atoms with van der Waals surface area (Å²) < 4.78 is 1.64. The Balaban J connectivity index is 2.35. The van der Waals surface area contributed by atoms with Crippen LogP contribution in [0.4, 0.5) is 0 Å². The standard InChI is InChI=1S/C19H28N4O2/c1-4-11-20-14(3)18-22-16-9-7-6-8-15(16)19(25)23(18)13-10-17(24)21-12-5-2/h6-9,14,20H,4-5,10-13H2,1-3H3,(H,21,24). The number of carbonyl (C=O) groups excluding carboxylic acids is 1. The number of carbonyl (C=O) groups is 1. The van der Waals surface area contributed by atoms with Crippen molar-refractivity contribution in [2.45, 2.75) is 52.6 Å². The molecular weight excluding hydrogens is 316 g/mol. The molecule has 1 atom stereocenters. The van der Waals surface area contributed by atoms with E-state index in [1.807, 2.05) is 32.0 Å². The number of aromatic nitrogens is 2. The Morgan fingerprint density at radius 2 is 1.92 bits per heavy atom. The molecule has 0 radical (unpaired) electrons. The van der Waals surface area contributed by atoms with Crippen LogP contribution in [0.3, 0.4) is 0 Å². The lowest BCUT2D eigenvalue weighted by molar-refractivity contribution is -0.121. The molecule has 6 nitrogen and oxygen atoms in total. The number of nitrogens with one attached hydrogen (secondary N) is 2. The van der Waals surface area contributed by atoms with E-state index in [0.29, 0.717) is 29.8 Å². The van der Waals surface area contributed by atoms with Gasteiger partial charge in [0.05, 0.1) is 16.9 Å². The van der Waals surface area contributed by atoms with Gasteiger partial charge in [-0.2, -0.15) is 0 Å². The summed E-state index contributed by atoms with van der Waals surface area (Å²) in [5.74, 6) is 0.641. The lowest BCUT2D eigenvalue weighted by Gasteiger charge is -2.19. The van der Waals surface area contributed by atoms with Crippen LogP contribution in [-0.4, -0.2) is 28.5 Å². The first-order valence-electron chi connectivity index (χ1n) is 9.08. The summed E-state index contributed by atoms with van der Waals surface area (Å²) in [4.78, 5) is 29.6. The van der Waals surface area contributed by atoms with Gasteiger partial charge in [-0.1, -0.05) is 26.0 Å². The molecule has 2 aromatic rings. The first-order valence-corrected chi connectivity index (χ1v) is 9.08. The van der Waals surface area contributed by atoms with Crippen LogP contribution >= 0.6 is 0 Å². The van der Waals surface area contributed by atoms with Crippen molar-refractivity contribution in [3.8, 4) is 0 Å². The molecule has 0 fully saturated rings. The summed E-state index contributed by atoms with van der Waals surface area (Å²) in [7, 11) is 0. The SMILES string of the molecule is CCCNC(=O)CCn1c(C(C)NCCC)nc2ccccc2c1=O. The van der Waals surface area contributed by atoms with Crippen LogP contribution in [0, 0.1) is 0 Å². The summed E-state index contributed by atoms with van der Waals surface area (Å²) in [6, 6.07) is 7.29. The van der Waals surface area contributed by atoms with E-state index in [1.165, 1.54) is 0 Å². The first kappa shape index (κ1) is 19.1. The monoisotopic (exact) mass is 344 g/mol. The predicted molar refractivity (Wildman–Crippen MR) is 101 cm³/mol. The van der Waals surface area contributed by atoms with E-state index in [0.717, 1.165) is 19.4 Å². The molecule has 0 aliphatic heterocycles. The van der Waals surface area contributed by atoms with Crippen molar-refractivity contribution in [2.75, 3.05) is 13.1 Å². The molecule has 1 heterocycles. The third kappa shape index (κ3) is 4.89. The van der Waals surface area contributed by atoms with Crippen molar-refractivity contribution in [3.63, 3.8) is 0 Å². The highest BCUT2D eigenvalue weighted by Gasteiger charge is 2.16. The van der Waals surface area contributed by atoms with E-state index in [9.17, 15) is 9.59 Å². The zero-order chi connectivity index (χ0) is 18.2. The van der Waals surface area contributed by atoms with Gasteiger partial charge in [0.25, 0.3) is 5.56 Å². The van der Waals surface area contributed by atoms with Crippen molar-refractivity contribution in [2.24, 2.45) is 0 Å². The summed E-state index contributed by atoms with van der Waals surface area (Å²) in [6.07, 6.45) is 2.17. The third-order valence-corrected chi connectivity index (χ3v) is 4.11. The normalized spacial score (nSPS) is 12.3. The van der Waals surface area contributed by atoms with Gasteiger partial charge in [-0.05, 0) is 38.4 Å². The molecule has 2 rings (SSSR count). The lowest BCUT2D eigenvalue weighted by Crippen LogP contribution is -2.33. The fourth-order valence-electron chi connectivity index (χ4n) is 2.75. The minimum atomic E-state index is -0.0889. The Kier molecular flexibility index (Phi) is 7.13. The molecule has 1 unspecified atom stereocenters. The average Bonchev–Trinajstić information content (AvgIpc) is 2.63. The van der Waals surface area contributed by atoms with Crippen molar-refractivity contribution in [3.05, 3.63) is 40.4 Å². The van der Waals surface area contributed by atoms with Crippen LogP contribution in [-0.2, 0) is 11.3 Å². The van der Waals surface area contributed by atoms with E-state index in [1.54, 1.807) is 10.6 Å². The third-order valence-electron chi connectivity index (χ3n) is 4.11. The minimum Gasteiger partial charge on any atom is -0.356 e.